The van der Waals surface area contributed by atoms with Gasteiger partial charge in [0.05, 0.1) is 30.5 Å². The topological polar surface area (TPSA) is 93.4 Å². The molecule has 9 heteroatoms. The largest absolute Gasteiger partial charge is 0.495 e. The maximum Gasteiger partial charge on any atom is 0.335 e. The molecule has 0 radical (unpaired) electrons. The molecule has 0 saturated carbocycles. The van der Waals surface area contributed by atoms with Crippen molar-refractivity contribution in [3.05, 3.63) is 40.7 Å². The highest BCUT2D eigenvalue weighted by molar-refractivity contribution is 5.95. The highest BCUT2D eigenvalue weighted by Gasteiger charge is 2.20. The Morgan fingerprint density at radius 3 is 2.56 bits per heavy atom. The van der Waals surface area contributed by atoms with Crippen LogP contribution in [0.25, 0.3) is 0 Å². The molecule has 2 rings (SSSR count). The zero-order valence-electron chi connectivity index (χ0n) is 13.8. The summed E-state index contributed by atoms with van der Waals surface area (Å²) in [6, 6.07) is 4.01. The zero-order chi connectivity index (χ0) is 18.7. The van der Waals surface area contributed by atoms with Crippen LogP contribution >= 0.6 is 0 Å². The van der Waals surface area contributed by atoms with E-state index in [1.165, 1.54) is 32.2 Å². The monoisotopic (exact) mass is 353 g/mol. The number of alkyl halides is 2. The second-order valence-corrected chi connectivity index (χ2v) is 5.32. The lowest BCUT2D eigenvalue weighted by Crippen LogP contribution is -2.16. The third-order valence-electron chi connectivity index (χ3n) is 3.72. The van der Waals surface area contributed by atoms with E-state index in [-0.39, 0.29) is 29.1 Å². The highest BCUT2D eigenvalue weighted by atomic mass is 19.3. The molecular weight excluding hydrogens is 336 g/mol. The van der Waals surface area contributed by atoms with Crippen LogP contribution in [0.1, 0.15) is 33.9 Å². The standard InChI is InChI=1S/C16H17F2N3O4/c1-8-11(9(2)21(20-8)16(17)18)7-14(22)19-12-5-4-10(15(23)24)6-13(12)25-3/h4-6,16H,7H2,1-3H3,(H,19,22)(H,23,24). The van der Waals surface area contributed by atoms with Gasteiger partial charge in [-0.25, -0.2) is 9.48 Å². The van der Waals surface area contributed by atoms with Crippen molar-refractivity contribution in [3.8, 4) is 5.75 Å². The number of nitrogens with one attached hydrogen (secondary N) is 1. The number of carboxylic acid groups (broad SMARTS) is 1. The molecule has 0 aliphatic heterocycles. The molecule has 134 valence electrons. The third-order valence-corrected chi connectivity index (χ3v) is 3.72. The van der Waals surface area contributed by atoms with Crippen LogP contribution in [-0.2, 0) is 11.2 Å². The molecular formula is C16H17F2N3O4. The second-order valence-electron chi connectivity index (χ2n) is 5.32. The number of hydrogen-bond acceptors (Lipinski definition) is 4. The number of amides is 1. The number of carbonyl (C=O) groups is 2. The van der Waals surface area contributed by atoms with Crippen molar-refractivity contribution in [2.24, 2.45) is 0 Å². The van der Waals surface area contributed by atoms with E-state index in [1.54, 1.807) is 6.92 Å². The summed E-state index contributed by atoms with van der Waals surface area (Å²) in [5.41, 5.74) is 1.28. The molecule has 1 aromatic carbocycles. The molecule has 1 amide bonds. The quantitative estimate of drug-likeness (QED) is 0.833. The molecule has 0 atom stereocenters. The van der Waals surface area contributed by atoms with Gasteiger partial charge in [-0.2, -0.15) is 13.9 Å². The SMILES string of the molecule is COc1cc(C(=O)O)ccc1NC(=O)Cc1c(C)nn(C(F)F)c1C. The number of ether oxygens (including phenoxy) is 1. The Hall–Kier alpha value is -2.97. The minimum Gasteiger partial charge on any atom is -0.495 e. The van der Waals surface area contributed by atoms with Crippen LogP contribution in [0.3, 0.4) is 0 Å². The van der Waals surface area contributed by atoms with Gasteiger partial charge in [0, 0.05) is 11.3 Å². The Morgan fingerprint density at radius 1 is 1.36 bits per heavy atom. The number of anilines is 1. The fraction of sp³-hybridized carbons (Fsp3) is 0.312. The lowest BCUT2D eigenvalue weighted by Gasteiger charge is -2.11. The first kappa shape index (κ1) is 18.4. The van der Waals surface area contributed by atoms with Crippen molar-refractivity contribution < 1.29 is 28.2 Å². The van der Waals surface area contributed by atoms with E-state index in [0.29, 0.717) is 15.9 Å². The van der Waals surface area contributed by atoms with Crippen LogP contribution in [0, 0.1) is 13.8 Å². The van der Waals surface area contributed by atoms with Gasteiger partial charge in [0.15, 0.2) is 0 Å². The Balaban J connectivity index is 2.20. The number of carboxylic acids is 1. The van der Waals surface area contributed by atoms with Gasteiger partial charge in [-0.3, -0.25) is 4.79 Å². The van der Waals surface area contributed by atoms with Crippen molar-refractivity contribution in [1.82, 2.24) is 9.78 Å². The van der Waals surface area contributed by atoms with Crippen molar-refractivity contribution in [2.75, 3.05) is 12.4 Å². The fourth-order valence-electron chi connectivity index (χ4n) is 2.43. The van der Waals surface area contributed by atoms with Gasteiger partial charge in [-0.05, 0) is 32.0 Å². The lowest BCUT2D eigenvalue weighted by molar-refractivity contribution is -0.115. The normalized spacial score (nSPS) is 10.8. The summed E-state index contributed by atoms with van der Waals surface area (Å²) in [7, 11) is 1.34. The second kappa shape index (κ2) is 7.29. The molecule has 0 aliphatic rings. The molecule has 0 unspecified atom stereocenters. The number of carbonyl (C=O) groups excluding carboxylic acids is 1. The number of benzene rings is 1. The molecule has 0 aliphatic carbocycles. The molecule has 7 nitrogen and oxygen atoms in total. The summed E-state index contributed by atoms with van der Waals surface area (Å²) in [6.45, 7) is 0.243. The minimum atomic E-state index is -2.78. The molecule has 25 heavy (non-hydrogen) atoms. The average Bonchev–Trinajstić information content (AvgIpc) is 2.83. The lowest BCUT2D eigenvalue weighted by atomic mass is 10.1. The molecule has 0 bridgehead atoms. The summed E-state index contributed by atoms with van der Waals surface area (Å²) >= 11 is 0. The van der Waals surface area contributed by atoms with E-state index in [2.05, 4.69) is 10.4 Å². The van der Waals surface area contributed by atoms with Gasteiger partial charge in [0.25, 0.3) is 0 Å². The summed E-state index contributed by atoms with van der Waals surface area (Å²) in [5.74, 6) is -1.40. The molecule has 2 aromatic rings. The number of halogens is 2. The number of hydrogen-bond donors (Lipinski definition) is 2. The number of rotatable bonds is 6. The minimum absolute atomic E-state index is 0.0137. The molecule has 0 saturated heterocycles. The van der Waals surface area contributed by atoms with Crippen molar-refractivity contribution >= 4 is 17.6 Å². The summed E-state index contributed by atoms with van der Waals surface area (Å²) in [5, 5.41) is 15.3. The Bertz CT molecular complexity index is 818. The van der Waals surface area contributed by atoms with Crippen LogP contribution in [0.5, 0.6) is 5.75 Å². The number of aromatic nitrogens is 2. The smallest absolute Gasteiger partial charge is 0.335 e. The van der Waals surface area contributed by atoms with Gasteiger partial charge < -0.3 is 15.2 Å². The average molecular weight is 353 g/mol. The van der Waals surface area contributed by atoms with E-state index in [4.69, 9.17) is 9.84 Å². The predicted molar refractivity (Wildman–Crippen MR) is 85.2 cm³/mol. The van der Waals surface area contributed by atoms with Crippen molar-refractivity contribution in [2.45, 2.75) is 26.8 Å². The van der Waals surface area contributed by atoms with Gasteiger partial charge in [-0.1, -0.05) is 0 Å². The maximum absolute atomic E-state index is 12.8. The first-order valence-electron chi connectivity index (χ1n) is 7.28. The first-order chi connectivity index (χ1) is 11.7. The number of aryl methyl sites for hydroxylation is 1. The molecule has 1 aromatic heterocycles. The van der Waals surface area contributed by atoms with E-state index >= 15 is 0 Å². The van der Waals surface area contributed by atoms with Crippen LogP contribution in [-0.4, -0.2) is 33.9 Å². The molecule has 2 N–H and O–H groups in total. The zero-order valence-corrected chi connectivity index (χ0v) is 13.8. The molecule has 0 fully saturated rings. The Labute approximate surface area is 142 Å². The van der Waals surface area contributed by atoms with Gasteiger partial charge in [0.2, 0.25) is 5.91 Å². The predicted octanol–water partition coefficient (Wildman–Crippen LogP) is 2.78. The van der Waals surface area contributed by atoms with Crippen LogP contribution < -0.4 is 10.1 Å². The Morgan fingerprint density at radius 2 is 2.04 bits per heavy atom. The van der Waals surface area contributed by atoms with Crippen LogP contribution in [0.15, 0.2) is 18.2 Å². The first-order valence-corrected chi connectivity index (χ1v) is 7.28. The number of nitrogens with zero attached hydrogens (tertiary/aromatic N) is 2. The summed E-state index contributed by atoms with van der Waals surface area (Å²) in [6.07, 6.45) is -0.145. The van der Waals surface area contributed by atoms with E-state index in [0.717, 1.165) is 0 Å². The third kappa shape index (κ3) is 3.93. The molecule has 1 heterocycles. The number of methoxy groups -OCH3 is 1. The van der Waals surface area contributed by atoms with Crippen molar-refractivity contribution in [1.29, 1.82) is 0 Å². The molecule has 0 spiro atoms. The fourth-order valence-corrected chi connectivity index (χ4v) is 2.43. The maximum atomic E-state index is 12.8. The Kier molecular flexibility index (Phi) is 5.35. The highest BCUT2D eigenvalue weighted by Crippen LogP contribution is 2.26. The van der Waals surface area contributed by atoms with Gasteiger partial charge in [0.1, 0.15) is 5.75 Å². The summed E-state index contributed by atoms with van der Waals surface area (Å²) < 4.78 is 31.3. The van der Waals surface area contributed by atoms with E-state index in [9.17, 15) is 18.4 Å². The van der Waals surface area contributed by atoms with Crippen LogP contribution in [0.4, 0.5) is 14.5 Å². The van der Waals surface area contributed by atoms with Gasteiger partial charge in [-0.15, -0.1) is 0 Å². The van der Waals surface area contributed by atoms with Crippen molar-refractivity contribution in [3.63, 3.8) is 0 Å². The summed E-state index contributed by atoms with van der Waals surface area (Å²) in [4.78, 5) is 23.2. The van der Waals surface area contributed by atoms with Gasteiger partial charge >= 0.3 is 12.5 Å². The van der Waals surface area contributed by atoms with E-state index in [1.807, 2.05) is 0 Å². The van der Waals surface area contributed by atoms with Crippen LogP contribution in [0.2, 0.25) is 0 Å². The number of aromatic carboxylic acids is 1. The van der Waals surface area contributed by atoms with E-state index < -0.39 is 18.4 Å².